The van der Waals surface area contributed by atoms with Crippen LogP contribution in [0, 0.1) is 0 Å². The Morgan fingerprint density at radius 3 is 2.69 bits per heavy atom. The quantitative estimate of drug-likeness (QED) is 0.249. The summed E-state index contributed by atoms with van der Waals surface area (Å²) in [5.41, 5.74) is 3.48. The minimum atomic E-state index is -0.414. The van der Waals surface area contributed by atoms with Gasteiger partial charge in [-0.3, -0.25) is 4.90 Å². The van der Waals surface area contributed by atoms with Gasteiger partial charge < -0.3 is 15.5 Å². The van der Waals surface area contributed by atoms with Gasteiger partial charge in [-0.1, -0.05) is 63.3 Å². The average molecular weight is 487 g/mol. The van der Waals surface area contributed by atoms with Gasteiger partial charge in [-0.05, 0) is 70.2 Å². The molecule has 0 aromatic heterocycles. The lowest BCUT2D eigenvalue weighted by Crippen LogP contribution is -2.64. The molecule has 2 fully saturated rings. The van der Waals surface area contributed by atoms with E-state index in [-0.39, 0.29) is 5.54 Å². The molecule has 198 valence electrons. The molecule has 0 spiro atoms. The molecule has 1 saturated heterocycles. The number of hydrogen-bond acceptors (Lipinski definition) is 4. The van der Waals surface area contributed by atoms with Crippen molar-refractivity contribution >= 4 is 5.69 Å². The van der Waals surface area contributed by atoms with Gasteiger partial charge in [0.2, 0.25) is 0 Å². The third-order valence-corrected chi connectivity index (χ3v) is 8.34. The van der Waals surface area contributed by atoms with Gasteiger partial charge in [0.05, 0.1) is 12.2 Å². The second kappa shape index (κ2) is 14.3. The number of piperidine rings is 1. The third kappa shape index (κ3) is 7.77. The van der Waals surface area contributed by atoms with E-state index in [4.69, 9.17) is 0 Å². The van der Waals surface area contributed by atoms with Crippen LogP contribution in [0.25, 0.3) is 0 Å². The zero-order valence-electron chi connectivity index (χ0n) is 22.9. The Hall–Kier alpha value is -1.43. The number of unbranched alkanes of at least 4 members (excludes halogenated alkanes) is 1. The van der Waals surface area contributed by atoms with Crippen LogP contribution < -0.4 is 15.5 Å². The Morgan fingerprint density at radius 1 is 1.23 bits per heavy atom. The van der Waals surface area contributed by atoms with Crippen molar-refractivity contribution in [3.05, 3.63) is 41.5 Å². The average Bonchev–Trinajstić information content (AvgIpc) is 2.90. The Balaban J connectivity index is 1.84. The smallest absolute Gasteiger partial charge is 0.115 e. The summed E-state index contributed by atoms with van der Waals surface area (Å²) in [5.74, 6) is 0. The largest absolute Gasteiger partial charge is 0.352 e. The fourth-order valence-corrected chi connectivity index (χ4v) is 6.16. The second-order valence-corrected chi connectivity index (χ2v) is 11.0. The number of alkyl halides is 1. The predicted octanol–water partition coefficient (Wildman–Crippen LogP) is 6.42. The van der Waals surface area contributed by atoms with Crippen molar-refractivity contribution in [3.8, 4) is 0 Å². The molecule has 1 saturated carbocycles. The van der Waals surface area contributed by atoms with Crippen molar-refractivity contribution < 1.29 is 4.39 Å². The molecule has 1 aliphatic carbocycles. The number of rotatable bonds is 13. The summed E-state index contributed by atoms with van der Waals surface area (Å²) in [6.45, 7) is 10.5. The Bertz CT molecular complexity index is 775. The van der Waals surface area contributed by atoms with Gasteiger partial charge in [-0.25, -0.2) is 4.39 Å². The summed E-state index contributed by atoms with van der Waals surface area (Å²) < 4.78 is 13.6. The number of nitrogens with zero attached hydrogens (tertiary/aromatic N) is 2. The number of benzene rings is 1. The monoisotopic (exact) mass is 486 g/mol. The molecule has 3 rings (SSSR count). The number of hydrogen-bond donors (Lipinski definition) is 2. The molecule has 1 aromatic rings. The first-order valence-electron chi connectivity index (χ1n) is 14.3. The van der Waals surface area contributed by atoms with E-state index in [0.717, 1.165) is 56.8 Å². The van der Waals surface area contributed by atoms with Crippen molar-refractivity contribution in [1.82, 2.24) is 15.5 Å². The van der Waals surface area contributed by atoms with Crippen LogP contribution in [0.5, 0.6) is 0 Å². The summed E-state index contributed by atoms with van der Waals surface area (Å²) in [6.07, 6.45) is 14.9. The molecular weight excluding hydrogens is 435 g/mol. The summed E-state index contributed by atoms with van der Waals surface area (Å²) in [5, 5.41) is 7.45. The van der Waals surface area contributed by atoms with Crippen molar-refractivity contribution in [1.29, 1.82) is 0 Å². The van der Waals surface area contributed by atoms with Crippen LogP contribution in [0.15, 0.2) is 35.9 Å². The zero-order chi connectivity index (χ0) is 25.1. The highest BCUT2D eigenvalue weighted by Crippen LogP contribution is 2.36. The zero-order valence-corrected chi connectivity index (χ0v) is 22.9. The summed E-state index contributed by atoms with van der Waals surface area (Å²) >= 11 is 0. The molecule has 2 atom stereocenters. The summed E-state index contributed by atoms with van der Waals surface area (Å²) in [4.78, 5) is 5.24. The second-order valence-electron chi connectivity index (χ2n) is 11.0. The third-order valence-electron chi connectivity index (χ3n) is 8.34. The van der Waals surface area contributed by atoms with Crippen LogP contribution in [-0.4, -0.2) is 55.9 Å². The topological polar surface area (TPSA) is 30.5 Å². The number of anilines is 1. The summed E-state index contributed by atoms with van der Waals surface area (Å²) in [7, 11) is 2.03. The maximum atomic E-state index is 13.6. The highest BCUT2D eigenvalue weighted by atomic mass is 19.1. The maximum Gasteiger partial charge on any atom is 0.115 e. The highest BCUT2D eigenvalue weighted by molar-refractivity contribution is 5.51. The minimum Gasteiger partial charge on any atom is -0.352 e. The highest BCUT2D eigenvalue weighted by Gasteiger charge is 2.43. The van der Waals surface area contributed by atoms with Gasteiger partial charge in [0.25, 0.3) is 0 Å². The van der Waals surface area contributed by atoms with Gasteiger partial charge in [-0.15, -0.1) is 0 Å². The molecule has 1 heterocycles. The number of allylic oxidation sites excluding steroid dienone is 1. The number of nitrogens with one attached hydrogen (secondary N) is 2. The fourth-order valence-electron chi connectivity index (χ4n) is 6.16. The van der Waals surface area contributed by atoms with Crippen LogP contribution >= 0.6 is 0 Å². The standard InChI is InChI=1S/C30H51FN4/c1-5-7-12-26(6-2)22-34-18-17-30(20-25(34)3,23-33-28-14-9-8-10-15-28)35(24-32-4)29-16-11-13-27(19-29)21-31/h11-13,16,19,25,28,32-33H,5-10,14-15,17-18,20-24H2,1-4H3/b26-12+. The minimum absolute atomic E-state index is 0.00478. The molecule has 0 amide bonds. The van der Waals surface area contributed by atoms with Crippen molar-refractivity contribution in [2.24, 2.45) is 0 Å². The van der Waals surface area contributed by atoms with E-state index in [1.165, 1.54) is 44.9 Å². The Morgan fingerprint density at radius 2 is 2.03 bits per heavy atom. The SMILES string of the molecule is CCC/C=C(\CC)CN1CCC(CNC2CCCCC2)(N(CNC)c2cccc(CF)c2)CC1C. The van der Waals surface area contributed by atoms with Gasteiger partial charge in [-0.2, -0.15) is 0 Å². The van der Waals surface area contributed by atoms with Crippen molar-refractivity contribution in [2.75, 3.05) is 38.3 Å². The first-order chi connectivity index (χ1) is 17.0. The van der Waals surface area contributed by atoms with E-state index in [0.29, 0.717) is 12.1 Å². The molecule has 5 heteroatoms. The van der Waals surface area contributed by atoms with E-state index in [1.807, 2.05) is 19.2 Å². The first kappa shape index (κ1) is 28.1. The first-order valence-corrected chi connectivity index (χ1v) is 14.3. The normalized spacial score (nSPS) is 24.6. The van der Waals surface area contributed by atoms with Crippen molar-refractivity contribution in [2.45, 2.75) is 109 Å². The van der Waals surface area contributed by atoms with E-state index in [9.17, 15) is 4.39 Å². The van der Waals surface area contributed by atoms with E-state index >= 15 is 0 Å². The van der Waals surface area contributed by atoms with Crippen LogP contribution in [0.3, 0.4) is 0 Å². The molecule has 2 aliphatic rings. The molecule has 1 aliphatic heterocycles. The number of halogens is 1. The van der Waals surface area contributed by atoms with Gasteiger partial charge in [0, 0.05) is 37.4 Å². The number of likely N-dealkylation sites (tertiary alicyclic amines) is 1. The molecule has 1 aromatic carbocycles. The van der Waals surface area contributed by atoms with E-state index in [1.54, 1.807) is 5.57 Å². The van der Waals surface area contributed by atoms with Crippen molar-refractivity contribution in [3.63, 3.8) is 0 Å². The van der Waals surface area contributed by atoms with E-state index < -0.39 is 6.67 Å². The molecule has 0 bridgehead atoms. The van der Waals surface area contributed by atoms with E-state index in [2.05, 4.69) is 59.4 Å². The lowest BCUT2D eigenvalue weighted by molar-refractivity contribution is 0.103. The van der Waals surface area contributed by atoms with Gasteiger partial charge >= 0.3 is 0 Å². The van der Waals surface area contributed by atoms with Crippen LogP contribution in [0.4, 0.5) is 10.1 Å². The predicted molar refractivity (Wildman–Crippen MR) is 149 cm³/mol. The van der Waals surface area contributed by atoms with Crippen LogP contribution in [-0.2, 0) is 6.67 Å². The fraction of sp³-hybridized carbons (Fsp3) is 0.733. The molecule has 35 heavy (non-hydrogen) atoms. The van der Waals surface area contributed by atoms with Crippen LogP contribution in [0.2, 0.25) is 0 Å². The molecular formula is C30H51FN4. The Labute approximate surface area is 214 Å². The lowest BCUT2D eigenvalue weighted by atomic mass is 9.80. The van der Waals surface area contributed by atoms with Crippen LogP contribution in [0.1, 0.15) is 90.5 Å². The summed E-state index contributed by atoms with van der Waals surface area (Å²) in [6, 6.07) is 9.26. The molecule has 0 radical (unpaired) electrons. The molecule has 2 N–H and O–H groups in total. The van der Waals surface area contributed by atoms with Gasteiger partial charge in [0.1, 0.15) is 6.67 Å². The molecule has 4 nitrogen and oxygen atoms in total. The maximum absolute atomic E-state index is 13.6. The molecule has 2 unspecified atom stereocenters. The Kier molecular flexibility index (Phi) is 11.5. The lowest BCUT2D eigenvalue weighted by Gasteiger charge is -2.53. The van der Waals surface area contributed by atoms with Gasteiger partial charge in [0.15, 0.2) is 0 Å².